The molecule has 0 saturated carbocycles. The Kier molecular flexibility index (Phi) is 6.63. The standard InChI is InChI=1S/C12H6Br4O4/c1-3-5(17)19-11-8(14)7(13)9(15)12(10(11)16)20-6(18)4-2/h3-4H,1-2H2. The molecule has 0 atom stereocenters. The molecule has 0 aliphatic carbocycles. The Morgan fingerprint density at radius 1 is 0.750 bits per heavy atom. The van der Waals surface area contributed by atoms with Crippen molar-refractivity contribution < 1.29 is 19.1 Å². The van der Waals surface area contributed by atoms with Gasteiger partial charge in [-0.05, 0) is 63.7 Å². The molecule has 0 aromatic heterocycles. The van der Waals surface area contributed by atoms with E-state index in [0.717, 1.165) is 12.2 Å². The molecule has 0 aliphatic rings. The Hall–Kier alpha value is -0.440. The summed E-state index contributed by atoms with van der Waals surface area (Å²) in [6, 6.07) is 0. The Morgan fingerprint density at radius 3 is 1.40 bits per heavy atom. The average Bonchev–Trinajstić information content (AvgIpc) is 2.45. The van der Waals surface area contributed by atoms with Gasteiger partial charge in [0.2, 0.25) is 0 Å². The van der Waals surface area contributed by atoms with Crippen LogP contribution in [-0.2, 0) is 9.59 Å². The predicted octanol–water partition coefficient (Wildman–Crippen LogP) is 4.92. The highest BCUT2D eigenvalue weighted by Crippen LogP contribution is 2.50. The molecule has 0 N–H and O–H groups in total. The van der Waals surface area contributed by atoms with Gasteiger partial charge in [-0.25, -0.2) is 9.59 Å². The van der Waals surface area contributed by atoms with Crippen LogP contribution < -0.4 is 9.47 Å². The topological polar surface area (TPSA) is 52.6 Å². The third-order valence-electron chi connectivity index (χ3n) is 1.92. The minimum Gasteiger partial charge on any atom is -0.421 e. The largest absolute Gasteiger partial charge is 0.421 e. The lowest BCUT2D eigenvalue weighted by atomic mass is 10.3. The monoisotopic (exact) mass is 530 g/mol. The van der Waals surface area contributed by atoms with E-state index in [1.54, 1.807) is 0 Å². The first-order valence-electron chi connectivity index (χ1n) is 4.87. The lowest BCUT2D eigenvalue weighted by molar-refractivity contribution is -0.129. The highest BCUT2D eigenvalue weighted by atomic mass is 79.9. The number of rotatable bonds is 4. The number of hydrogen-bond acceptors (Lipinski definition) is 4. The number of esters is 2. The van der Waals surface area contributed by atoms with Gasteiger partial charge in [0.1, 0.15) is 4.47 Å². The summed E-state index contributed by atoms with van der Waals surface area (Å²) in [5.41, 5.74) is 0. The lowest BCUT2D eigenvalue weighted by Crippen LogP contribution is -2.08. The molecule has 8 heteroatoms. The van der Waals surface area contributed by atoms with E-state index in [1.165, 1.54) is 0 Å². The van der Waals surface area contributed by atoms with E-state index in [-0.39, 0.29) is 16.0 Å². The van der Waals surface area contributed by atoms with E-state index in [2.05, 4.69) is 76.9 Å². The van der Waals surface area contributed by atoms with Crippen molar-refractivity contribution in [2.24, 2.45) is 0 Å². The summed E-state index contributed by atoms with van der Waals surface area (Å²) >= 11 is 13.1. The Balaban J connectivity index is 3.45. The molecule has 20 heavy (non-hydrogen) atoms. The van der Waals surface area contributed by atoms with E-state index < -0.39 is 11.9 Å². The molecule has 0 saturated heterocycles. The first-order valence-corrected chi connectivity index (χ1v) is 8.05. The van der Waals surface area contributed by atoms with Crippen LogP contribution in [0.3, 0.4) is 0 Å². The third kappa shape index (κ3) is 3.81. The molecule has 1 aromatic rings. The van der Waals surface area contributed by atoms with Gasteiger partial charge in [-0.2, -0.15) is 0 Å². The molecule has 1 aromatic carbocycles. The summed E-state index contributed by atoms with van der Waals surface area (Å²) in [5, 5.41) is 0. The molecule has 0 heterocycles. The lowest BCUT2D eigenvalue weighted by Gasteiger charge is -2.15. The molecule has 0 spiro atoms. The van der Waals surface area contributed by atoms with Gasteiger partial charge in [0.25, 0.3) is 0 Å². The second-order valence-electron chi connectivity index (χ2n) is 3.16. The summed E-state index contributed by atoms with van der Waals surface area (Å²) in [6.07, 6.45) is 2.04. The molecule has 1 rings (SSSR count). The fourth-order valence-corrected chi connectivity index (χ4v) is 3.73. The smallest absolute Gasteiger partial charge is 0.335 e. The van der Waals surface area contributed by atoms with Crippen LogP contribution in [0.5, 0.6) is 11.5 Å². The Labute approximate surface area is 148 Å². The van der Waals surface area contributed by atoms with Gasteiger partial charge >= 0.3 is 11.9 Å². The molecule has 4 nitrogen and oxygen atoms in total. The molecule has 106 valence electrons. The van der Waals surface area contributed by atoms with E-state index in [4.69, 9.17) is 9.47 Å². The molecular formula is C12H6Br4O4. The van der Waals surface area contributed by atoms with E-state index in [9.17, 15) is 9.59 Å². The average molecular weight is 534 g/mol. The van der Waals surface area contributed by atoms with Crippen molar-refractivity contribution in [3.05, 3.63) is 43.2 Å². The zero-order valence-electron chi connectivity index (χ0n) is 9.71. The van der Waals surface area contributed by atoms with Crippen LogP contribution in [0.2, 0.25) is 0 Å². The van der Waals surface area contributed by atoms with Crippen molar-refractivity contribution >= 4 is 75.7 Å². The molecule has 0 bridgehead atoms. The van der Waals surface area contributed by atoms with Crippen molar-refractivity contribution in [1.82, 2.24) is 0 Å². The normalized spacial score (nSPS) is 9.80. The number of carbonyl (C=O) groups is 2. The SMILES string of the molecule is C=CC(=O)Oc1c(Br)c(Br)c(Br)c(OC(=O)C=C)c1Br. The highest BCUT2D eigenvalue weighted by Gasteiger charge is 2.24. The van der Waals surface area contributed by atoms with E-state index in [0.29, 0.717) is 13.4 Å². The van der Waals surface area contributed by atoms with Crippen LogP contribution in [0.25, 0.3) is 0 Å². The summed E-state index contributed by atoms with van der Waals surface area (Å²) in [4.78, 5) is 22.7. The fraction of sp³-hybridized carbons (Fsp3) is 0. The minimum atomic E-state index is -0.651. The molecule has 0 unspecified atom stereocenters. The summed E-state index contributed by atoms with van der Waals surface area (Å²) < 4.78 is 11.9. The molecule has 0 amide bonds. The molecular weight excluding hydrogens is 528 g/mol. The number of ether oxygens (including phenoxy) is 2. The van der Waals surface area contributed by atoms with Crippen LogP contribution in [0.4, 0.5) is 0 Å². The quantitative estimate of drug-likeness (QED) is 0.181. The van der Waals surface area contributed by atoms with E-state index in [1.807, 2.05) is 0 Å². The van der Waals surface area contributed by atoms with Gasteiger partial charge in [0.05, 0.1) is 13.4 Å². The fourth-order valence-electron chi connectivity index (χ4n) is 1.06. The van der Waals surface area contributed by atoms with Gasteiger partial charge in [-0.15, -0.1) is 0 Å². The first-order chi connectivity index (χ1) is 9.33. The van der Waals surface area contributed by atoms with Crippen LogP contribution in [-0.4, -0.2) is 11.9 Å². The second kappa shape index (κ2) is 7.53. The summed E-state index contributed by atoms with van der Waals surface area (Å²) in [5.74, 6) is -1.00. The Morgan fingerprint density at radius 2 is 1.10 bits per heavy atom. The second-order valence-corrected chi connectivity index (χ2v) is 6.34. The minimum absolute atomic E-state index is 0.150. The number of carbonyl (C=O) groups excluding carboxylic acids is 2. The molecule has 0 fully saturated rings. The van der Waals surface area contributed by atoms with Crippen molar-refractivity contribution in [2.75, 3.05) is 0 Å². The van der Waals surface area contributed by atoms with Gasteiger partial charge in [0.15, 0.2) is 11.5 Å². The third-order valence-corrected chi connectivity index (χ3v) is 6.01. The number of benzene rings is 1. The first kappa shape index (κ1) is 17.6. The number of hydrogen-bond donors (Lipinski definition) is 0. The predicted molar refractivity (Wildman–Crippen MR) is 88.9 cm³/mol. The van der Waals surface area contributed by atoms with Gasteiger partial charge in [-0.3, -0.25) is 0 Å². The van der Waals surface area contributed by atoms with Crippen molar-refractivity contribution in [1.29, 1.82) is 0 Å². The molecule has 0 radical (unpaired) electrons. The summed E-state index contributed by atoms with van der Waals surface area (Å²) in [6.45, 7) is 6.63. The zero-order valence-corrected chi connectivity index (χ0v) is 16.1. The maximum absolute atomic E-state index is 11.3. The van der Waals surface area contributed by atoms with Gasteiger partial charge < -0.3 is 9.47 Å². The van der Waals surface area contributed by atoms with Crippen LogP contribution in [0.1, 0.15) is 0 Å². The van der Waals surface area contributed by atoms with Crippen molar-refractivity contribution in [3.63, 3.8) is 0 Å². The van der Waals surface area contributed by atoms with Gasteiger partial charge in [-0.1, -0.05) is 13.2 Å². The Bertz CT molecular complexity index is 561. The molecule has 0 aliphatic heterocycles. The van der Waals surface area contributed by atoms with Crippen molar-refractivity contribution in [2.45, 2.75) is 0 Å². The van der Waals surface area contributed by atoms with Crippen LogP contribution in [0.15, 0.2) is 43.2 Å². The maximum atomic E-state index is 11.3. The number of halogens is 4. The van der Waals surface area contributed by atoms with Crippen LogP contribution >= 0.6 is 63.7 Å². The summed E-state index contributed by atoms with van der Waals surface area (Å²) in [7, 11) is 0. The zero-order chi connectivity index (χ0) is 15.4. The van der Waals surface area contributed by atoms with Gasteiger partial charge in [0, 0.05) is 12.2 Å². The van der Waals surface area contributed by atoms with E-state index >= 15 is 0 Å². The van der Waals surface area contributed by atoms with Crippen LogP contribution in [0, 0.1) is 0 Å². The highest BCUT2D eigenvalue weighted by molar-refractivity contribution is 9.14. The maximum Gasteiger partial charge on any atom is 0.335 e. The van der Waals surface area contributed by atoms with Crippen molar-refractivity contribution in [3.8, 4) is 11.5 Å².